The number of carbonyl (C=O) groups excluding carboxylic acids is 1. The van der Waals surface area contributed by atoms with Crippen LogP contribution in [0.4, 0.5) is 0 Å². The van der Waals surface area contributed by atoms with Gasteiger partial charge in [0.1, 0.15) is 0 Å². The van der Waals surface area contributed by atoms with E-state index in [1.165, 1.54) is 11.6 Å². The highest BCUT2D eigenvalue weighted by atomic mass is 16.5. The van der Waals surface area contributed by atoms with Crippen molar-refractivity contribution in [3.8, 4) is 0 Å². The zero-order chi connectivity index (χ0) is 11.8. The van der Waals surface area contributed by atoms with E-state index in [0.29, 0.717) is 0 Å². The summed E-state index contributed by atoms with van der Waals surface area (Å²) in [5, 5.41) is 0. The molecule has 0 amide bonds. The number of carbonyl (C=O) groups is 1. The van der Waals surface area contributed by atoms with Gasteiger partial charge in [-0.1, -0.05) is 36.4 Å². The Kier molecular flexibility index (Phi) is 5.34. The van der Waals surface area contributed by atoms with Gasteiger partial charge in [-0.2, -0.15) is 0 Å². The summed E-state index contributed by atoms with van der Waals surface area (Å²) in [4.78, 5) is 11.2. The topological polar surface area (TPSA) is 26.3 Å². The van der Waals surface area contributed by atoms with E-state index < -0.39 is 0 Å². The first-order valence-corrected chi connectivity index (χ1v) is 5.59. The molecule has 16 heavy (non-hydrogen) atoms. The summed E-state index contributed by atoms with van der Waals surface area (Å²) in [5.41, 5.74) is 1.28. The van der Waals surface area contributed by atoms with Gasteiger partial charge in [-0.3, -0.25) is 0 Å². The standard InChI is InChI=1S/C14H18O2/c1-12(2)16-14(15)11-7-6-10-13-8-4-3-5-9-13/h3-5,7-9,11-12H,6,10H2,1-2H3/b11-7+. The van der Waals surface area contributed by atoms with E-state index in [9.17, 15) is 4.79 Å². The van der Waals surface area contributed by atoms with Crippen molar-refractivity contribution in [2.75, 3.05) is 0 Å². The number of rotatable bonds is 5. The largest absolute Gasteiger partial charge is 0.460 e. The molecule has 0 saturated carbocycles. The predicted molar refractivity (Wildman–Crippen MR) is 65.1 cm³/mol. The van der Waals surface area contributed by atoms with Crippen molar-refractivity contribution in [2.45, 2.75) is 32.8 Å². The van der Waals surface area contributed by atoms with Crippen LogP contribution in [0.3, 0.4) is 0 Å². The number of esters is 1. The first-order chi connectivity index (χ1) is 7.68. The molecule has 0 saturated heterocycles. The Morgan fingerprint density at radius 2 is 2.00 bits per heavy atom. The van der Waals surface area contributed by atoms with Crippen molar-refractivity contribution >= 4 is 5.97 Å². The van der Waals surface area contributed by atoms with Gasteiger partial charge in [0.25, 0.3) is 0 Å². The Balaban J connectivity index is 2.25. The van der Waals surface area contributed by atoms with Gasteiger partial charge >= 0.3 is 5.97 Å². The maximum Gasteiger partial charge on any atom is 0.330 e. The molecule has 0 bridgehead atoms. The maximum absolute atomic E-state index is 11.2. The zero-order valence-electron chi connectivity index (χ0n) is 9.85. The fourth-order valence-electron chi connectivity index (χ4n) is 1.35. The van der Waals surface area contributed by atoms with Gasteiger partial charge in [0.15, 0.2) is 0 Å². The molecule has 0 fully saturated rings. The minimum atomic E-state index is -0.261. The molecule has 1 aromatic carbocycles. The third-order valence-electron chi connectivity index (χ3n) is 2.05. The summed E-state index contributed by atoms with van der Waals surface area (Å²) in [6.07, 6.45) is 5.12. The molecule has 2 heteroatoms. The average Bonchev–Trinajstić information content (AvgIpc) is 2.25. The van der Waals surface area contributed by atoms with Crippen molar-refractivity contribution in [3.63, 3.8) is 0 Å². The highest BCUT2D eigenvalue weighted by molar-refractivity contribution is 5.81. The van der Waals surface area contributed by atoms with Crippen LogP contribution in [0.15, 0.2) is 42.5 Å². The summed E-state index contributed by atoms with van der Waals surface area (Å²) >= 11 is 0. The van der Waals surface area contributed by atoms with E-state index in [1.807, 2.05) is 38.1 Å². The van der Waals surface area contributed by atoms with Crippen LogP contribution in [0.5, 0.6) is 0 Å². The average molecular weight is 218 g/mol. The summed E-state index contributed by atoms with van der Waals surface area (Å²) in [7, 11) is 0. The molecule has 0 spiro atoms. The highest BCUT2D eigenvalue weighted by Crippen LogP contribution is 2.03. The van der Waals surface area contributed by atoms with Gasteiger partial charge in [0, 0.05) is 6.08 Å². The molecule has 0 atom stereocenters. The second-order valence-corrected chi connectivity index (χ2v) is 3.91. The Labute approximate surface area is 96.9 Å². The lowest BCUT2D eigenvalue weighted by molar-refractivity contribution is -0.141. The van der Waals surface area contributed by atoms with Crippen molar-refractivity contribution in [1.82, 2.24) is 0 Å². The second-order valence-electron chi connectivity index (χ2n) is 3.91. The van der Waals surface area contributed by atoms with Gasteiger partial charge in [-0.15, -0.1) is 0 Å². The van der Waals surface area contributed by atoms with Crippen LogP contribution in [-0.4, -0.2) is 12.1 Å². The van der Waals surface area contributed by atoms with Crippen LogP contribution in [0.2, 0.25) is 0 Å². The number of benzene rings is 1. The molecular weight excluding hydrogens is 200 g/mol. The summed E-state index contributed by atoms with van der Waals surface area (Å²) < 4.78 is 4.98. The maximum atomic E-state index is 11.2. The number of allylic oxidation sites excluding steroid dienone is 1. The molecule has 86 valence electrons. The summed E-state index contributed by atoms with van der Waals surface area (Å²) in [6.45, 7) is 3.69. The molecule has 0 heterocycles. The molecule has 0 radical (unpaired) electrons. The quantitative estimate of drug-likeness (QED) is 0.560. The number of hydrogen-bond donors (Lipinski definition) is 0. The molecule has 1 rings (SSSR count). The number of hydrogen-bond acceptors (Lipinski definition) is 2. The summed E-state index contributed by atoms with van der Waals surface area (Å²) in [5.74, 6) is -0.261. The molecule has 0 aliphatic heterocycles. The van der Waals surface area contributed by atoms with Crippen LogP contribution in [0.1, 0.15) is 25.8 Å². The van der Waals surface area contributed by atoms with Crippen LogP contribution >= 0.6 is 0 Å². The smallest absolute Gasteiger partial charge is 0.330 e. The molecule has 0 N–H and O–H groups in total. The van der Waals surface area contributed by atoms with Crippen molar-refractivity contribution < 1.29 is 9.53 Å². The predicted octanol–water partition coefficient (Wildman–Crippen LogP) is 3.13. The van der Waals surface area contributed by atoms with Crippen molar-refractivity contribution in [2.24, 2.45) is 0 Å². The molecular formula is C14H18O2. The SMILES string of the molecule is CC(C)OC(=O)/C=C/CCc1ccccc1. The number of aryl methyl sites for hydroxylation is 1. The van der Waals surface area contributed by atoms with Gasteiger partial charge in [0.2, 0.25) is 0 Å². The Morgan fingerprint density at radius 1 is 1.31 bits per heavy atom. The van der Waals surface area contributed by atoms with E-state index in [1.54, 1.807) is 0 Å². The fraction of sp³-hybridized carbons (Fsp3) is 0.357. The van der Waals surface area contributed by atoms with E-state index in [4.69, 9.17) is 4.74 Å². The van der Waals surface area contributed by atoms with E-state index in [-0.39, 0.29) is 12.1 Å². The first-order valence-electron chi connectivity index (χ1n) is 5.59. The van der Waals surface area contributed by atoms with Crippen LogP contribution in [0.25, 0.3) is 0 Å². The second kappa shape index (κ2) is 6.83. The van der Waals surface area contributed by atoms with Gasteiger partial charge < -0.3 is 4.74 Å². The van der Waals surface area contributed by atoms with E-state index in [0.717, 1.165) is 12.8 Å². The number of ether oxygens (including phenoxy) is 1. The minimum absolute atomic E-state index is 0.0497. The molecule has 1 aromatic rings. The van der Waals surface area contributed by atoms with E-state index in [2.05, 4.69) is 12.1 Å². The van der Waals surface area contributed by atoms with Crippen LogP contribution in [0, 0.1) is 0 Å². The lowest BCUT2D eigenvalue weighted by Crippen LogP contribution is -2.08. The first kappa shape index (κ1) is 12.5. The van der Waals surface area contributed by atoms with E-state index >= 15 is 0 Å². The minimum Gasteiger partial charge on any atom is -0.460 e. The third-order valence-corrected chi connectivity index (χ3v) is 2.05. The van der Waals surface area contributed by atoms with Crippen LogP contribution < -0.4 is 0 Å². The van der Waals surface area contributed by atoms with Crippen molar-refractivity contribution in [3.05, 3.63) is 48.0 Å². The zero-order valence-corrected chi connectivity index (χ0v) is 9.85. The van der Waals surface area contributed by atoms with Crippen LogP contribution in [-0.2, 0) is 16.0 Å². The third kappa shape index (κ3) is 5.35. The fourth-order valence-corrected chi connectivity index (χ4v) is 1.35. The molecule has 0 aliphatic rings. The Morgan fingerprint density at radius 3 is 2.62 bits per heavy atom. The molecule has 2 nitrogen and oxygen atoms in total. The Bertz CT molecular complexity index is 339. The monoisotopic (exact) mass is 218 g/mol. The molecule has 0 unspecified atom stereocenters. The lowest BCUT2D eigenvalue weighted by Gasteiger charge is -2.03. The molecule has 0 aliphatic carbocycles. The van der Waals surface area contributed by atoms with Crippen molar-refractivity contribution in [1.29, 1.82) is 0 Å². The highest BCUT2D eigenvalue weighted by Gasteiger charge is 1.98. The van der Waals surface area contributed by atoms with Gasteiger partial charge in [-0.25, -0.2) is 4.79 Å². The van der Waals surface area contributed by atoms with Gasteiger partial charge in [0.05, 0.1) is 6.10 Å². The Hall–Kier alpha value is -1.57. The van der Waals surface area contributed by atoms with Gasteiger partial charge in [-0.05, 0) is 32.3 Å². The lowest BCUT2D eigenvalue weighted by atomic mass is 10.1. The summed E-state index contributed by atoms with van der Waals surface area (Å²) in [6, 6.07) is 10.2. The molecule has 0 aromatic heterocycles. The normalized spacial score (nSPS) is 10.9.